The summed E-state index contributed by atoms with van der Waals surface area (Å²) in [4.78, 5) is 34.5. The van der Waals surface area contributed by atoms with E-state index in [9.17, 15) is 13.2 Å². The number of rotatable bonds is 34. The van der Waals surface area contributed by atoms with Gasteiger partial charge in [-0.05, 0) is 314 Å². The number of hydrogen-bond acceptors (Lipinski definition) is 12. The molecule has 4 aromatic heterocycles. The van der Waals surface area contributed by atoms with Crippen molar-refractivity contribution in [3.05, 3.63) is 277 Å². The van der Waals surface area contributed by atoms with Gasteiger partial charge in [-0.15, -0.1) is 0 Å². The van der Waals surface area contributed by atoms with Gasteiger partial charge in [-0.2, -0.15) is 4.31 Å². The largest absolute Gasteiger partial charge is 0.382 e. The molecule has 0 radical (unpaired) electrons. The fraction of sp³-hybridized carbons (Fsp3) is 0.447. The van der Waals surface area contributed by atoms with Gasteiger partial charge in [0.25, 0.3) is 5.91 Å². The standard InChI is InChI=1S/C27H37N3.2C26H36N4.C24H30N4O3S/c1-28(2)16-6-17-30-20-15-26-21-25(11-12-27(26)30)22-29-18-13-24(14-19-29)10-9-23-7-4-3-5-8-23;1-28(2)15-6-16-30-20-12-23-21-25(9-10-26(23)30)27-24-13-18-29(19-14-24)17-11-22-7-4-3-5-8-22;1-27(2)13-6-14-30-16-12-25-21-24(9-10-26(25)30)22-29-19-17-28(18-20-29)15-11-23-7-4-3-5-8-23;1-25(2)12-6-13-26-14-11-20-19-21(9-10-23(20)26)24(29)27-15-17-28(18-16-27)32(30,31)22-7-4-3-5-8-22/h3-5,7-8,11-12,15,20-21,24H,6,9-10,13-14,16-19,22H2,1-2H3;3-5,7-10,12,20-21,24,27H,6,11,13-19H2,1-2H3;3-5,7-10,12,16,21H,6,11,13-15,17-20,22H2,1-2H3;3-5,7-11,14,19H,6,12-13,15-18H2,1-2H3. The molecule has 8 aromatic carbocycles. The van der Waals surface area contributed by atoms with E-state index in [1.165, 1.54) is 194 Å². The van der Waals surface area contributed by atoms with E-state index in [-0.39, 0.29) is 5.91 Å². The van der Waals surface area contributed by atoms with Gasteiger partial charge in [-0.25, -0.2) is 8.42 Å². The lowest BCUT2D eigenvalue weighted by Crippen LogP contribution is -2.50. The van der Waals surface area contributed by atoms with Gasteiger partial charge < -0.3 is 57.9 Å². The van der Waals surface area contributed by atoms with Crippen LogP contribution in [0.2, 0.25) is 0 Å². The number of fused-ring (bicyclic) bond motifs is 4. The molecule has 16 rings (SSSR count). The van der Waals surface area contributed by atoms with Crippen molar-refractivity contribution in [1.29, 1.82) is 0 Å². The van der Waals surface area contributed by atoms with Gasteiger partial charge in [0, 0.05) is 193 Å². The lowest BCUT2D eigenvalue weighted by Gasteiger charge is -2.34. The highest BCUT2D eigenvalue weighted by Gasteiger charge is 2.31. The van der Waals surface area contributed by atoms with Crippen molar-refractivity contribution in [1.82, 2.24) is 66.7 Å². The summed E-state index contributed by atoms with van der Waals surface area (Å²) >= 11 is 0. The molecule has 4 fully saturated rings. The summed E-state index contributed by atoms with van der Waals surface area (Å²) in [6.07, 6.45) is 23.4. The molecule has 12 aromatic rings. The summed E-state index contributed by atoms with van der Waals surface area (Å²) in [5.74, 6) is 0.837. The van der Waals surface area contributed by atoms with Crippen molar-refractivity contribution >= 4 is 65.2 Å². The molecule has 4 saturated heterocycles. The normalized spacial score (nSPS) is 15.8. The van der Waals surface area contributed by atoms with Crippen molar-refractivity contribution in [3.8, 4) is 0 Å². The van der Waals surface area contributed by atoms with Gasteiger partial charge in [-0.3, -0.25) is 14.6 Å². The monoisotopic (exact) mass is 1670 g/mol. The smallest absolute Gasteiger partial charge is 0.253 e. The lowest BCUT2D eigenvalue weighted by atomic mass is 9.90. The van der Waals surface area contributed by atoms with Crippen molar-refractivity contribution in [2.45, 2.75) is 127 Å². The van der Waals surface area contributed by atoms with Gasteiger partial charge in [-0.1, -0.05) is 121 Å². The molecule has 8 heterocycles. The molecule has 0 spiro atoms. The third-order valence-electron chi connectivity index (χ3n) is 25.1. The number of piperidine rings is 2. The number of likely N-dealkylation sites (tertiary alicyclic amines) is 2. The molecular weight excluding hydrogens is 1530 g/mol. The Morgan fingerprint density at radius 2 is 0.721 bits per heavy atom. The average Bonchev–Trinajstić information content (AvgIpc) is 1.11. The van der Waals surface area contributed by atoms with E-state index in [2.05, 4.69) is 308 Å². The number of sulfonamides is 1. The number of nitrogens with zero attached hydrogens (tertiary/aromatic N) is 14. The van der Waals surface area contributed by atoms with Gasteiger partial charge in [0.15, 0.2) is 0 Å². The maximum atomic E-state index is 13.1. The van der Waals surface area contributed by atoms with Crippen LogP contribution >= 0.6 is 0 Å². The third kappa shape index (κ3) is 27.1. The molecule has 0 bridgehead atoms. The molecule has 1 N–H and O–H groups in total. The zero-order valence-corrected chi connectivity index (χ0v) is 75.4. The highest BCUT2D eigenvalue weighted by atomic mass is 32.2. The summed E-state index contributed by atoms with van der Waals surface area (Å²) in [5.41, 5.74) is 14.4. The van der Waals surface area contributed by atoms with E-state index in [1.54, 1.807) is 35.2 Å². The van der Waals surface area contributed by atoms with Crippen molar-refractivity contribution < 1.29 is 13.2 Å². The Balaban J connectivity index is 0.000000140. The maximum Gasteiger partial charge on any atom is 0.253 e. The molecule has 0 atom stereocenters. The predicted molar refractivity (Wildman–Crippen MR) is 509 cm³/mol. The number of nitrogens with one attached hydrogen (secondary N) is 1. The number of carbonyl (C=O) groups is 1. The summed E-state index contributed by atoms with van der Waals surface area (Å²) in [7, 11) is 13.5. The molecule has 19 heteroatoms. The molecule has 1 amide bonds. The second-order valence-corrected chi connectivity index (χ2v) is 37.5. The van der Waals surface area contributed by atoms with Crippen LogP contribution in [-0.2, 0) is 68.6 Å². The molecule has 650 valence electrons. The predicted octanol–water partition coefficient (Wildman–Crippen LogP) is 16.8. The second-order valence-electron chi connectivity index (χ2n) is 35.6. The first-order valence-electron chi connectivity index (χ1n) is 45.4. The summed E-state index contributed by atoms with van der Waals surface area (Å²) in [5, 5.41) is 8.94. The average molecular weight is 1670 g/mol. The Kier molecular flexibility index (Phi) is 34.1. The van der Waals surface area contributed by atoms with Gasteiger partial charge in [0.2, 0.25) is 10.0 Å². The number of carbonyl (C=O) groups excluding carboxylic acids is 1. The van der Waals surface area contributed by atoms with Crippen LogP contribution in [-0.4, -0.2) is 261 Å². The number of amides is 1. The Morgan fingerprint density at radius 3 is 1.16 bits per heavy atom. The maximum absolute atomic E-state index is 13.1. The highest BCUT2D eigenvalue weighted by molar-refractivity contribution is 7.89. The Labute approximate surface area is 729 Å². The molecule has 122 heavy (non-hydrogen) atoms. The van der Waals surface area contributed by atoms with Gasteiger partial charge >= 0.3 is 0 Å². The van der Waals surface area contributed by atoms with Crippen LogP contribution in [0.25, 0.3) is 43.6 Å². The van der Waals surface area contributed by atoms with Crippen molar-refractivity contribution in [2.75, 3.05) is 180 Å². The van der Waals surface area contributed by atoms with Crippen molar-refractivity contribution in [2.24, 2.45) is 5.92 Å². The van der Waals surface area contributed by atoms with E-state index in [0.717, 1.165) is 102 Å². The molecule has 4 aliphatic heterocycles. The SMILES string of the molecule is CN(C)CCCn1ccc2cc(C(=O)N3CCN(S(=O)(=O)c4ccccc4)CC3)ccc21.CN(C)CCCn1ccc2cc(CN3CCC(CCc4ccccc4)CC3)ccc21.CN(C)CCCn1ccc2cc(CN3CCN(CCc4ccccc4)CC3)ccc21.CN(C)CCCn1ccc2cc(NC3CCN(CCc4ccccc4)CC3)ccc21. The summed E-state index contributed by atoms with van der Waals surface area (Å²) < 4.78 is 36.5. The Hall–Kier alpha value is -9.22. The number of piperazine rings is 2. The number of anilines is 1. The van der Waals surface area contributed by atoms with E-state index in [4.69, 9.17) is 0 Å². The first-order valence-corrected chi connectivity index (χ1v) is 46.9. The minimum atomic E-state index is -3.53. The van der Waals surface area contributed by atoms with Crippen molar-refractivity contribution in [3.63, 3.8) is 0 Å². The minimum Gasteiger partial charge on any atom is -0.382 e. The molecule has 4 aliphatic rings. The summed E-state index contributed by atoms with van der Waals surface area (Å²) in [6, 6.07) is 77.3. The van der Waals surface area contributed by atoms with Crippen LogP contribution in [0, 0.1) is 5.92 Å². The number of aryl methyl sites for hydroxylation is 5. The van der Waals surface area contributed by atoms with E-state index in [1.807, 2.05) is 24.3 Å². The first kappa shape index (κ1) is 90.5. The summed E-state index contributed by atoms with van der Waals surface area (Å²) in [6.45, 7) is 24.0. The molecule has 0 saturated carbocycles. The quantitative estimate of drug-likeness (QED) is 0.0414. The molecule has 0 aliphatic carbocycles. The zero-order valence-electron chi connectivity index (χ0n) is 74.6. The number of benzene rings is 8. The fourth-order valence-electron chi connectivity index (χ4n) is 17.9. The van der Waals surface area contributed by atoms with Gasteiger partial charge in [0.05, 0.1) is 4.90 Å². The lowest BCUT2D eigenvalue weighted by molar-refractivity contribution is 0.0698. The van der Waals surface area contributed by atoms with E-state index < -0.39 is 10.0 Å². The first-order chi connectivity index (χ1) is 59.4. The topological polar surface area (TPSA) is 115 Å². The van der Waals surface area contributed by atoms with Crippen LogP contribution < -0.4 is 5.32 Å². The zero-order chi connectivity index (χ0) is 85.0. The Bertz CT molecular complexity index is 4840. The van der Waals surface area contributed by atoms with Gasteiger partial charge in [0.1, 0.15) is 0 Å². The fourth-order valence-corrected chi connectivity index (χ4v) is 19.4. The second kappa shape index (κ2) is 46.0. The number of hydrogen-bond donors (Lipinski definition) is 1. The Morgan fingerprint density at radius 1 is 0.352 bits per heavy atom. The molecule has 18 nitrogen and oxygen atoms in total. The molecular formula is C103H139N15O3S. The van der Waals surface area contributed by atoms with Crippen LogP contribution in [0.15, 0.2) is 248 Å². The van der Waals surface area contributed by atoms with Crippen LogP contribution in [0.3, 0.4) is 0 Å². The van der Waals surface area contributed by atoms with Crippen LogP contribution in [0.4, 0.5) is 5.69 Å². The third-order valence-corrected chi connectivity index (χ3v) is 27.0. The minimum absolute atomic E-state index is 0.0518. The van der Waals surface area contributed by atoms with E-state index in [0.29, 0.717) is 42.7 Å². The number of aromatic nitrogens is 4. The van der Waals surface area contributed by atoms with Crippen LogP contribution in [0.5, 0.6) is 0 Å². The van der Waals surface area contributed by atoms with Crippen LogP contribution in [0.1, 0.15) is 96.0 Å². The highest BCUT2D eigenvalue weighted by Crippen LogP contribution is 2.29. The molecule has 0 unspecified atom stereocenters. The van der Waals surface area contributed by atoms with E-state index >= 15 is 0 Å².